The molecule has 0 amide bonds. The Bertz CT molecular complexity index is 342. The lowest BCUT2D eigenvalue weighted by Crippen LogP contribution is -2.23. The molecule has 1 aromatic carbocycles. The number of benzene rings is 1. The third kappa shape index (κ3) is 1.84. The molecular formula is C12H13FO. The summed E-state index contributed by atoms with van der Waals surface area (Å²) in [4.78, 5) is 11.6. The van der Waals surface area contributed by atoms with Crippen molar-refractivity contribution in [2.75, 3.05) is 0 Å². The van der Waals surface area contributed by atoms with Gasteiger partial charge in [-0.15, -0.1) is 0 Å². The fraction of sp³-hybridized carbons (Fsp3) is 0.417. The van der Waals surface area contributed by atoms with Gasteiger partial charge in [-0.25, -0.2) is 4.39 Å². The van der Waals surface area contributed by atoms with Gasteiger partial charge >= 0.3 is 0 Å². The molecule has 1 fully saturated rings. The first-order valence-electron chi connectivity index (χ1n) is 5.03. The summed E-state index contributed by atoms with van der Waals surface area (Å²) in [5, 5.41) is 0. The number of carbonyl (C=O) groups is 1. The van der Waals surface area contributed by atoms with Crippen LogP contribution in [0.4, 0.5) is 4.39 Å². The minimum atomic E-state index is -0.264. The molecule has 0 aromatic heterocycles. The predicted molar refractivity (Wildman–Crippen MR) is 52.5 cm³/mol. The molecule has 0 bridgehead atoms. The van der Waals surface area contributed by atoms with E-state index < -0.39 is 0 Å². The van der Waals surface area contributed by atoms with Crippen molar-refractivity contribution in [1.82, 2.24) is 0 Å². The van der Waals surface area contributed by atoms with Gasteiger partial charge < -0.3 is 0 Å². The number of halogens is 1. The Labute approximate surface area is 82.9 Å². The zero-order chi connectivity index (χ0) is 9.97. The maximum absolute atomic E-state index is 13.2. The number of Topliss-reactive ketones (excluding diaryl/α,β-unsaturated/α-hetero) is 1. The summed E-state index contributed by atoms with van der Waals surface area (Å²) in [6, 6.07) is 6.51. The van der Waals surface area contributed by atoms with E-state index in [1.807, 2.05) is 0 Å². The molecule has 0 unspecified atom stereocenters. The Kier molecular flexibility index (Phi) is 2.62. The van der Waals surface area contributed by atoms with Crippen LogP contribution in [0.2, 0.25) is 0 Å². The molecule has 0 atom stereocenters. The van der Waals surface area contributed by atoms with E-state index in [2.05, 4.69) is 0 Å². The molecule has 1 nitrogen and oxygen atoms in total. The fourth-order valence-electron chi connectivity index (χ4n) is 1.70. The highest BCUT2D eigenvalue weighted by Gasteiger charge is 2.25. The van der Waals surface area contributed by atoms with E-state index in [0.29, 0.717) is 5.56 Å². The fourth-order valence-corrected chi connectivity index (χ4v) is 1.70. The Hall–Kier alpha value is -1.18. The summed E-state index contributed by atoms with van der Waals surface area (Å²) in [6.07, 6.45) is 3.39. The van der Waals surface area contributed by atoms with Gasteiger partial charge in [-0.05, 0) is 24.5 Å². The van der Waals surface area contributed by atoms with Crippen LogP contribution in [-0.4, -0.2) is 5.78 Å². The summed E-state index contributed by atoms with van der Waals surface area (Å²) in [5.74, 6) is 0.135. The van der Waals surface area contributed by atoms with E-state index in [0.717, 1.165) is 19.3 Å². The zero-order valence-corrected chi connectivity index (χ0v) is 8.00. The number of rotatable bonds is 3. The van der Waals surface area contributed by atoms with Gasteiger partial charge in [-0.1, -0.05) is 24.6 Å². The molecular weight excluding hydrogens is 179 g/mol. The number of hydrogen-bond donors (Lipinski definition) is 0. The lowest BCUT2D eigenvalue weighted by Gasteiger charge is -2.23. The average molecular weight is 192 g/mol. The number of hydrogen-bond acceptors (Lipinski definition) is 1. The topological polar surface area (TPSA) is 17.1 Å². The van der Waals surface area contributed by atoms with Gasteiger partial charge in [0.25, 0.3) is 0 Å². The molecule has 0 saturated heterocycles. The quantitative estimate of drug-likeness (QED) is 0.719. The van der Waals surface area contributed by atoms with Crippen LogP contribution in [0.5, 0.6) is 0 Å². The molecule has 0 N–H and O–H groups in total. The highest BCUT2D eigenvalue weighted by atomic mass is 19.1. The van der Waals surface area contributed by atoms with Gasteiger partial charge in [0, 0.05) is 12.3 Å². The molecule has 0 aliphatic heterocycles. The van der Waals surface area contributed by atoms with Crippen LogP contribution < -0.4 is 0 Å². The van der Waals surface area contributed by atoms with Gasteiger partial charge in [0.15, 0.2) is 0 Å². The average Bonchev–Trinajstić information content (AvgIpc) is 2.05. The lowest BCUT2D eigenvalue weighted by atomic mass is 9.80. The molecule has 1 aromatic rings. The van der Waals surface area contributed by atoms with Gasteiger partial charge in [0.05, 0.1) is 0 Å². The maximum Gasteiger partial charge on any atom is 0.140 e. The van der Waals surface area contributed by atoms with Crippen LogP contribution >= 0.6 is 0 Å². The molecule has 0 spiro atoms. The van der Waals surface area contributed by atoms with Crippen molar-refractivity contribution in [1.29, 1.82) is 0 Å². The SMILES string of the molecule is O=C(Cc1ccccc1F)C1CCC1. The van der Waals surface area contributed by atoms with Crippen LogP contribution in [-0.2, 0) is 11.2 Å². The van der Waals surface area contributed by atoms with E-state index in [-0.39, 0.29) is 23.9 Å². The highest BCUT2D eigenvalue weighted by molar-refractivity contribution is 5.83. The molecule has 1 aliphatic rings. The molecule has 1 saturated carbocycles. The minimum absolute atomic E-state index is 0.196. The highest BCUT2D eigenvalue weighted by Crippen LogP contribution is 2.28. The van der Waals surface area contributed by atoms with Gasteiger partial charge in [-0.3, -0.25) is 4.79 Å². The molecule has 0 heterocycles. The Morgan fingerprint density at radius 3 is 2.64 bits per heavy atom. The Morgan fingerprint density at radius 2 is 2.07 bits per heavy atom. The minimum Gasteiger partial charge on any atom is -0.299 e. The van der Waals surface area contributed by atoms with E-state index >= 15 is 0 Å². The Balaban J connectivity index is 2.03. The van der Waals surface area contributed by atoms with Crippen molar-refractivity contribution in [2.24, 2.45) is 5.92 Å². The van der Waals surface area contributed by atoms with Crippen LogP contribution in [0.25, 0.3) is 0 Å². The predicted octanol–water partition coefficient (Wildman–Crippen LogP) is 2.74. The second kappa shape index (κ2) is 3.91. The molecule has 14 heavy (non-hydrogen) atoms. The molecule has 74 valence electrons. The van der Waals surface area contributed by atoms with E-state index in [9.17, 15) is 9.18 Å². The third-order valence-electron chi connectivity index (χ3n) is 2.88. The molecule has 0 radical (unpaired) electrons. The normalized spacial score (nSPS) is 16.4. The van der Waals surface area contributed by atoms with Crippen molar-refractivity contribution in [3.63, 3.8) is 0 Å². The first-order valence-corrected chi connectivity index (χ1v) is 5.03. The van der Waals surface area contributed by atoms with E-state index in [4.69, 9.17) is 0 Å². The van der Waals surface area contributed by atoms with Crippen molar-refractivity contribution in [3.05, 3.63) is 35.6 Å². The molecule has 2 heteroatoms. The summed E-state index contributed by atoms with van der Waals surface area (Å²) in [5.41, 5.74) is 0.532. The van der Waals surface area contributed by atoms with Crippen molar-refractivity contribution in [2.45, 2.75) is 25.7 Å². The van der Waals surface area contributed by atoms with E-state index in [1.165, 1.54) is 6.07 Å². The number of ketones is 1. The zero-order valence-electron chi connectivity index (χ0n) is 8.00. The van der Waals surface area contributed by atoms with Crippen LogP contribution in [0, 0.1) is 11.7 Å². The lowest BCUT2D eigenvalue weighted by molar-refractivity contribution is -0.124. The summed E-state index contributed by atoms with van der Waals surface area (Å²) < 4.78 is 13.2. The first kappa shape index (κ1) is 9.38. The van der Waals surface area contributed by atoms with Gasteiger partial charge in [0.2, 0.25) is 0 Å². The van der Waals surface area contributed by atoms with Crippen molar-refractivity contribution < 1.29 is 9.18 Å². The largest absolute Gasteiger partial charge is 0.299 e. The standard InChI is InChI=1S/C12H13FO/c13-11-7-2-1-4-10(11)8-12(14)9-5-3-6-9/h1-2,4,7,9H,3,5-6,8H2. The summed E-state index contributed by atoms with van der Waals surface area (Å²) in [6.45, 7) is 0. The van der Waals surface area contributed by atoms with Gasteiger partial charge in [0.1, 0.15) is 11.6 Å². The molecule has 2 rings (SSSR count). The second-order valence-electron chi connectivity index (χ2n) is 3.86. The monoisotopic (exact) mass is 192 g/mol. The second-order valence-corrected chi connectivity index (χ2v) is 3.86. The van der Waals surface area contributed by atoms with Crippen LogP contribution in [0.3, 0.4) is 0 Å². The van der Waals surface area contributed by atoms with Crippen molar-refractivity contribution in [3.8, 4) is 0 Å². The summed E-state index contributed by atoms with van der Waals surface area (Å²) >= 11 is 0. The van der Waals surface area contributed by atoms with Gasteiger partial charge in [-0.2, -0.15) is 0 Å². The molecule has 1 aliphatic carbocycles. The summed E-state index contributed by atoms with van der Waals surface area (Å²) in [7, 11) is 0. The smallest absolute Gasteiger partial charge is 0.140 e. The third-order valence-corrected chi connectivity index (χ3v) is 2.88. The van der Waals surface area contributed by atoms with E-state index in [1.54, 1.807) is 18.2 Å². The maximum atomic E-state index is 13.2. The number of carbonyl (C=O) groups excluding carboxylic acids is 1. The van der Waals surface area contributed by atoms with Crippen LogP contribution in [0.1, 0.15) is 24.8 Å². The first-order chi connectivity index (χ1) is 6.77. The Morgan fingerprint density at radius 1 is 1.36 bits per heavy atom. The van der Waals surface area contributed by atoms with Crippen LogP contribution in [0.15, 0.2) is 24.3 Å². The van der Waals surface area contributed by atoms with Crippen molar-refractivity contribution >= 4 is 5.78 Å².